The monoisotopic (exact) mass is 374 g/mol. The molecule has 6 nitrogen and oxygen atoms in total. The van der Waals surface area contributed by atoms with Crippen molar-refractivity contribution in [3.05, 3.63) is 56.2 Å². The summed E-state index contributed by atoms with van der Waals surface area (Å²) < 4.78 is 6.25. The van der Waals surface area contributed by atoms with E-state index in [0.29, 0.717) is 31.9 Å². The molecule has 0 saturated carbocycles. The third-order valence-electron chi connectivity index (χ3n) is 4.01. The number of thiocarbonyl (C=S) groups is 1. The highest BCUT2D eigenvalue weighted by Crippen LogP contribution is 2.34. The lowest BCUT2D eigenvalue weighted by Gasteiger charge is -2.04. The van der Waals surface area contributed by atoms with Gasteiger partial charge in [-0.25, -0.2) is 0 Å². The first-order valence-electron chi connectivity index (χ1n) is 7.35. The van der Waals surface area contributed by atoms with E-state index in [-0.39, 0.29) is 11.6 Å². The molecule has 8 heteroatoms. The van der Waals surface area contributed by atoms with Gasteiger partial charge in [-0.1, -0.05) is 24.0 Å². The molecule has 25 heavy (non-hydrogen) atoms. The third-order valence-corrected chi connectivity index (χ3v) is 5.49. The Kier molecular flexibility index (Phi) is 4.49. The van der Waals surface area contributed by atoms with E-state index >= 15 is 0 Å². The maximum Gasteiger partial charge on any atom is 0.273 e. The number of nitro benzene ring substituents is 1. The maximum atomic E-state index is 12.0. The summed E-state index contributed by atoms with van der Waals surface area (Å²) in [4.78, 5) is 24.7. The molecule has 0 unspecified atom stereocenters. The van der Waals surface area contributed by atoms with Crippen LogP contribution in [0.3, 0.4) is 0 Å². The van der Waals surface area contributed by atoms with Gasteiger partial charge < -0.3 is 4.42 Å². The summed E-state index contributed by atoms with van der Waals surface area (Å²) in [6.07, 6.45) is 1.63. The molecule has 0 spiro atoms. The molecule has 1 amide bonds. The number of likely N-dealkylation sites (N-methyl/N-ethyl adjacent to an activating group) is 1. The van der Waals surface area contributed by atoms with Crippen molar-refractivity contribution in [3.8, 4) is 11.3 Å². The van der Waals surface area contributed by atoms with E-state index in [2.05, 4.69) is 0 Å². The van der Waals surface area contributed by atoms with Gasteiger partial charge in [0.05, 0.1) is 9.83 Å². The van der Waals surface area contributed by atoms with Crippen LogP contribution in [0.4, 0.5) is 5.69 Å². The summed E-state index contributed by atoms with van der Waals surface area (Å²) in [7, 11) is 1.63. The molecule has 3 rings (SSSR count). The van der Waals surface area contributed by atoms with E-state index in [0.717, 1.165) is 5.56 Å². The van der Waals surface area contributed by atoms with Crippen molar-refractivity contribution in [2.24, 2.45) is 0 Å². The molecular formula is C17H14N2O4S2. The van der Waals surface area contributed by atoms with Crippen LogP contribution in [0.15, 0.2) is 33.6 Å². The standard InChI is InChI=1S/C17H14N2O4S2/c1-9-6-11(7-13(10(9)2)19(21)22)14-5-4-12(23-14)8-15-16(20)18(3)17(24)25-15/h4-8H,1-3H3/b15-8-. The SMILES string of the molecule is Cc1cc(-c2ccc(/C=C3\SC(=S)N(C)C3=O)o2)cc([N+](=O)[O-])c1C. The molecule has 0 bridgehead atoms. The van der Waals surface area contributed by atoms with Crippen molar-refractivity contribution in [2.75, 3.05) is 7.05 Å². The smallest absolute Gasteiger partial charge is 0.273 e. The second kappa shape index (κ2) is 6.45. The number of rotatable bonds is 3. The summed E-state index contributed by atoms with van der Waals surface area (Å²) in [6.45, 7) is 3.54. The molecule has 0 atom stereocenters. The Balaban J connectivity index is 1.96. The van der Waals surface area contributed by atoms with Crippen LogP contribution in [0, 0.1) is 24.0 Å². The van der Waals surface area contributed by atoms with E-state index in [9.17, 15) is 14.9 Å². The van der Waals surface area contributed by atoms with Crippen LogP contribution in [0.2, 0.25) is 0 Å². The summed E-state index contributed by atoms with van der Waals surface area (Å²) in [6, 6.07) is 6.79. The number of furan rings is 1. The zero-order chi connectivity index (χ0) is 18.3. The molecule has 1 fully saturated rings. The molecule has 2 heterocycles. The number of carbonyl (C=O) groups is 1. The number of benzene rings is 1. The number of thioether (sulfide) groups is 1. The normalized spacial score (nSPS) is 16.1. The first-order chi connectivity index (χ1) is 11.8. The number of hydrogen-bond acceptors (Lipinski definition) is 6. The number of aryl methyl sites for hydroxylation is 1. The number of amides is 1. The second-order valence-electron chi connectivity index (χ2n) is 5.64. The van der Waals surface area contributed by atoms with E-state index in [1.807, 2.05) is 13.0 Å². The van der Waals surface area contributed by atoms with E-state index in [1.54, 1.807) is 32.2 Å². The third kappa shape index (κ3) is 3.22. The molecule has 1 aromatic heterocycles. The molecule has 0 radical (unpaired) electrons. The van der Waals surface area contributed by atoms with Crippen LogP contribution >= 0.6 is 24.0 Å². The average molecular weight is 374 g/mol. The Bertz CT molecular complexity index is 946. The molecule has 2 aromatic rings. The number of carbonyl (C=O) groups excluding carboxylic acids is 1. The summed E-state index contributed by atoms with van der Waals surface area (Å²) in [5.74, 6) is 0.823. The Morgan fingerprint density at radius 1 is 1.32 bits per heavy atom. The molecule has 1 aliphatic heterocycles. The van der Waals surface area contributed by atoms with E-state index in [4.69, 9.17) is 16.6 Å². The van der Waals surface area contributed by atoms with Crippen LogP contribution in [0.25, 0.3) is 17.4 Å². The molecule has 1 aliphatic rings. The summed E-state index contributed by atoms with van der Waals surface area (Å²) in [5.41, 5.74) is 2.12. The number of nitro groups is 1. The fourth-order valence-corrected chi connectivity index (χ4v) is 3.59. The predicted molar refractivity (Wildman–Crippen MR) is 101 cm³/mol. The van der Waals surface area contributed by atoms with Crippen LogP contribution < -0.4 is 0 Å². The van der Waals surface area contributed by atoms with Gasteiger partial charge in [0.15, 0.2) is 0 Å². The minimum Gasteiger partial charge on any atom is -0.457 e. The molecule has 128 valence electrons. The van der Waals surface area contributed by atoms with Gasteiger partial charge in [-0.2, -0.15) is 0 Å². The highest BCUT2D eigenvalue weighted by atomic mass is 32.2. The van der Waals surface area contributed by atoms with Gasteiger partial charge in [0.1, 0.15) is 15.8 Å². The lowest BCUT2D eigenvalue weighted by molar-refractivity contribution is -0.385. The number of nitrogens with zero attached hydrogens (tertiary/aromatic N) is 2. The van der Waals surface area contributed by atoms with E-state index in [1.165, 1.54) is 22.7 Å². The molecular weight excluding hydrogens is 360 g/mol. The highest BCUT2D eigenvalue weighted by Gasteiger charge is 2.29. The quantitative estimate of drug-likeness (QED) is 0.345. The maximum absolute atomic E-state index is 12.0. The topological polar surface area (TPSA) is 76.6 Å². The van der Waals surface area contributed by atoms with Gasteiger partial charge in [0.2, 0.25) is 0 Å². The zero-order valence-corrected chi connectivity index (χ0v) is 15.4. The average Bonchev–Trinajstić information content (AvgIpc) is 3.11. The molecule has 1 aromatic carbocycles. The fraction of sp³-hybridized carbons (Fsp3) is 0.176. The van der Waals surface area contributed by atoms with Crippen molar-refractivity contribution in [2.45, 2.75) is 13.8 Å². The largest absolute Gasteiger partial charge is 0.457 e. The minimum absolute atomic E-state index is 0.0554. The van der Waals surface area contributed by atoms with Crippen molar-refractivity contribution in [1.82, 2.24) is 4.90 Å². The fourth-order valence-electron chi connectivity index (χ4n) is 2.43. The van der Waals surface area contributed by atoms with Gasteiger partial charge in [0.25, 0.3) is 11.6 Å². The minimum atomic E-state index is -0.401. The van der Waals surface area contributed by atoms with Gasteiger partial charge >= 0.3 is 0 Å². The second-order valence-corrected chi connectivity index (χ2v) is 7.31. The van der Waals surface area contributed by atoms with Crippen LogP contribution in [-0.4, -0.2) is 27.1 Å². The Morgan fingerprint density at radius 2 is 2.04 bits per heavy atom. The van der Waals surface area contributed by atoms with Crippen LogP contribution in [-0.2, 0) is 4.79 Å². The van der Waals surface area contributed by atoms with Crippen molar-refractivity contribution < 1.29 is 14.1 Å². The van der Waals surface area contributed by atoms with E-state index < -0.39 is 4.92 Å². The van der Waals surface area contributed by atoms with Crippen LogP contribution in [0.1, 0.15) is 16.9 Å². The van der Waals surface area contributed by atoms with Crippen molar-refractivity contribution >= 4 is 46.0 Å². The summed E-state index contributed by atoms with van der Waals surface area (Å²) >= 11 is 6.30. The molecule has 1 saturated heterocycles. The van der Waals surface area contributed by atoms with Gasteiger partial charge in [-0.15, -0.1) is 0 Å². The van der Waals surface area contributed by atoms with Crippen molar-refractivity contribution in [3.63, 3.8) is 0 Å². The first kappa shape index (κ1) is 17.4. The molecule has 0 N–H and O–H groups in total. The Hall–Kier alpha value is -2.45. The summed E-state index contributed by atoms with van der Waals surface area (Å²) in [5, 5.41) is 11.2. The Morgan fingerprint density at radius 3 is 2.64 bits per heavy atom. The first-order valence-corrected chi connectivity index (χ1v) is 8.58. The Labute approximate surface area is 153 Å². The van der Waals surface area contributed by atoms with Crippen molar-refractivity contribution in [1.29, 1.82) is 0 Å². The highest BCUT2D eigenvalue weighted by molar-refractivity contribution is 8.26. The lowest BCUT2D eigenvalue weighted by Crippen LogP contribution is -2.22. The van der Waals surface area contributed by atoms with Gasteiger partial charge in [0, 0.05) is 30.3 Å². The van der Waals surface area contributed by atoms with Gasteiger partial charge in [-0.3, -0.25) is 19.8 Å². The predicted octanol–water partition coefficient (Wildman–Crippen LogP) is 4.30. The lowest BCUT2D eigenvalue weighted by atomic mass is 10.0. The zero-order valence-electron chi connectivity index (χ0n) is 13.7. The van der Waals surface area contributed by atoms with Gasteiger partial charge in [-0.05, 0) is 37.6 Å². The molecule has 0 aliphatic carbocycles. The number of hydrogen-bond donors (Lipinski definition) is 0. The van der Waals surface area contributed by atoms with Crippen LogP contribution in [0.5, 0.6) is 0 Å².